The Labute approximate surface area is 169 Å². The highest BCUT2D eigenvalue weighted by Crippen LogP contribution is 2.34. The predicted octanol–water partition coefficient (Wildman–Crippen LogP) is 4.44. The van der Waals surface area contributed by atoms with Crippen LogP contribution in [0.5, 0.6) is 5.75 Å². The van der Waals surface area contributed by atoms with Crippen molar-refractivity contribution in [1.29, 1.82) is 5.26 Å². The van der Waals surface area contributed by atoms with Crippen molar-refractivity contribution in [2.75, 3.05) is 19.5 Å². The number of carbonyl (C=O) groups excluding carboxylic acids is 2. The van der Waals surface area contributed by atoms with E-state index in [9.17, 15) is 14.9 Å². The maximum atomic E-state index is 12.4. The molecule has 6 nitrogen and oxygen atoms in total. The summed E-state index contributed by atoms with van der Waals surface area (Å²) in [5, 5.41) is 12.4. The molecule has 8 heteroatoms. The third kappa shape index (κ3) is 5.09. The average molecular weight is 450 g/mol. The van der Waals surface area contributed by atoms with Crippen LogP contribution in [0, 0.1) is 11.3 Å². The van der Waals surface area contributed by atoms with Gasteiger partial charge in [-0.3, -0.25) is 4.79 Å². The van der Waals surface area contributed by atoms with E-state index in [1.807, 2.05) is 6.07 Å². The summed E-state index contributed by atoms with van der Waals surface area (Å²) in [6.07, 6.45) is 1.38. The first-order valence-corrected chi connectivity index (χ1v) is 8.71. The summed E-state index contributed by atoms with van der Waals surface area (Å²) in [5.74, 6) is -0.645. The molecular weight excluding hydrogens is 436 g/mol. The zero-order valence-corrected chi connectivity index (χ0v) is 16.7. The monoisotopic (exact) mass is 448 g/mol. The Morgan fingerprint density at radius 2 is 1.89 bits per heavy atom. The molecule has 0 bridgehead atoms. The molecule has 2 aromatic rings. The highest BCUT2D eigenvalue weighted by molar-refractivity contribution is 9.10. The van der Waals surface area contributed by atoms with E-state index in [1.54, 1.807) is 12.1 Å². The van der Waals surface area contributed by atoms with E-state index >= 15 is 0 Å². The number of benzene rings is 2. The van der Waals surface area contributed by atoms with Gasteiger partial charge in [0.2, 0.25) is 0 Å². The average Bonchev–Trinajstić information content (AvgIpc) is 2.65. The van der Waals surface area contributed by atoms with Crippen LogP contribution in [0.15, 0.2) is 46.4 Å². The lowest BCUT2D eigenvalue weighted by atomic mass is 10.1. The van der Waals surface area contributed by atoms with Gasteiger partial charge in [0.1, 0.15) is 17.4 Å². The van der Waals surface area contributed by atoms with E-state index in [1.165, 1.54) is 44.6 Å². The number of carbonyl (C=O) groups is 2. The molecule has 27 heavy (non-hydrogen) atoms. The minimum Gasteiger partial charge on any atom is -0.495 e. The number of hydrogen-bond donors (Lipinski definition) is 1. The molecular formula is C19H14BrClN2O4. The molecule has 0 unspecified atom stereocenters. The predicted molar refractivity (Wildman–Crippen MR) is 106 cm³/mol. The van der Waals surface area contributed by atoms with Crippen molar-refractivity contribution in [2.24, 2.45) is 0 Å². The molecule has 0 aromatic heterocycles. The van der Waals surface area contributed by atoms with Crippen molar-refractivity contribution in [3.05, 3.63) is 62.6 Å². The Morgan fingerprint density at radius 1 is 1.22 bits per heavy atom. The van der Waals surface area contributed by atoms with Crippen molar-refractivity contribution in [3.63, 3.8) is 0 Å². The second-order valence-corrected chi connectivity index (χ2v) is 6.49. The van der Waals surface area contributed by atoms with Crippen LogP contribution in [0.4, 0.5) is 5.69 Å². The van der Waals surface area contributed by atoms with Crippen LogP contribution >= 0.6 is 27.5 Å². The van der Waals surface area contributed by atoms with Crippen molar-refractivity contribution in [2.45, 2.75) is 0 Å². The van der Waals surface area contributed by atoms with Crippen molar-refractivity contribution in [3.8, 4) is 11.8 Å². The smallest absolute Gasteiger partial charge is 0.337 e. The third-order valence-corrected chi connectivity index (χ3v) is 4.28. The number of halogens is 2. The van der Waals surface area contributed by atoms with E-state index in [0.29, 0.717) is 32.1 Å². The SMILES string of the molecule is COC(=O)c1ccc(NC(=O)/C(C#N)=C/c2cc(Cl)cc(Br)c2OC)cc1. The van der Waals surface area contributed by atoms with E-state index in [4.69, 9.17) is 16.3 Å². The molecule has 0 radical (unpaired) electrons. The summed E-state index contributed by atoms with van der Waals surface area (Å²) in [7, 11) is 2.75. The topological polar surface area (TPSA) is 88.4 Å². The van der Waals surface area contributed by atoms with Crippen LogP contribution in [0.25, 0.3) is 6.08 Å². The number of rotatable bonds is 5. The van der Waals surface area contributed by atoms with Gasteiger partial charge < -0.3 is 14.8 Å². The number of nitrogens with one attached hydrogen (secondary N) is 1. The van der Waals surface area contributed by atoms with Crippen LogP contribution in [-0.2, 0) is 9.53 Å². The molecule has 0 spiro atoms. The number of esters is 1. The van der Waals surface area contributed by atoms with Crippen LogP contribution in [0.2, 0.25) is 5.02 Å². The number of methoxy groups -OCH3 is 2. The van der Waals surface area contributed by atoms with Gasteiger partial charge in [-0.05, 0) is 58.4 Å². The molecule has 0 aliphatic heterocycles. The normalized spacial score (nSPS) is 10.7. The van der Waals surface area contributed by atoms with Crippen LogP contribution in [-0.4, -0.2) is 26.1 Å². The number of amides is 1. The minimum atomic E-state index is -0.610. The molecule has 0 fully saturated rings. The molecule has 0 saturated heterocycles. The maximum Gasteiger partial charge on any atom is 0.337 e. The largest absolute Gasteiger partial charge is 0.495 e. The highest BCUT2D eigenvalue weighted by Gasteiger charge is 2.14. The first-order chi connectivity index (χ1) is 12.9. The first-order valence-electron chi connectivity index (χ1n) is 7.54. The molecule has 0 heterocycles. The molecule has 0 aliphatic rings. The quantitative estimate of drug-likeness (QED) is 0.414. The van der Waals surface area contributed by atoms with E-state index < -0.39 is 11.9 Å². The summed E-state index contributed by atoms with van der Waals surface area (Å²) in [6.45, 7) is 0. The third-order valence-electron chi connectivity index (χ3n) is 3.47. The van der Waals surface area contributed by atoms with Gasteiger partial charge in [0.25, 0.3) is 5.91 Å². The van der Waals surface area contributed by atoms with Gasteiger partial charge in [-0.25, -0.2) is 4.79 Å². The van der Waals surface area contributed by atoms with E-state index in [2.05, 4.69) is 26.0 Å². The van der Waals surface area contributed by atoms with E-state index in [-0.39, 0.29) is 5.57 Å². The molecule has 0 aliphatic carbocycles. The zero-order valence-electron chi connectivity index (χ0n) is 14.4. The molecule has 1 N–H and O–H groups in total. The summed E-state index contributed by atoms with van der Waals surface area (Å²) in [4.78, 5) is 23.8. The Kier molecular flexibility index (Phi) is 6.99. The van der Waals surface area contributed by atoms with Gasteiger partial charge in [-0.2, -0.15) is 5.26 Å². The Morgan fingerprint density at radius 3 is 2.44 bits per heavy atom. The maximum absolute atomic E-state index is 12.4. The lowest BCUT2D eigenvalue weighted by Crippen LogP contribution is -2.13. The van der Waals surface area contributed by atoms with E-state index in [0.717, 1.165) is 0 Å². The van der Waals surface area contributed by atoms with Crippen molar-refractivity contribution in [1.82, 2.24) is 0 Å². The van der Waals surface area contributed by atoms with Gasteiger partial charge in [-0.1, -0.05) is 11.6 Å². The number of anilines is 1. The summed E-state index contributed by atoms with van der Waals surface area (Å²) in [6, 6.07) is 11.2. The van der Waals surface area contributed by atoms with Gasteiger partial charge >= 0.3 is 5.97 Å². The zero-order chi connectivity index (χ0) is 20.0. The fourth-order valence-electron chi connectivity index (χ4n) is 2.21. The first kappa shape index (κ1) is 20.5. The van der Waals surface area contributed by atoms with Gasteiger partial charge in [0.15, 0.2) is 0 Å². The lowest BCUT2D eigenvalue weighted by molar-refractivity contribution is -0.112. The summed E-state index contributed by atoms with van der Waals surface area (Å²) >= 11 is 9.36. The molecule has 0 atom stereocenters. The molecule has 2 aromatic carbocycles. The van der Waals surface area contributed by atoms with Crippen molar-refractivity contribution >= 4 is 51.2 Å². The number of nitriles is 1. The standard InChI is InChI=1S/C19H14BrClN2O4/c1-26-17-12(8-14(21)9-16(17)20)7-13(10-22)18(24)23-15-5-3-11(4-6-15)19(25)27-2/h3-9H,1-2H3,(H,23,24)/b13-7+. The van der Waals surface area contributed by atoms with Crippen LogP contribution in [0.1, 0.15) is 15.9 Å². The number of hydrogen-bond acceptors (Lipinski definition) is 5. The van der Waals surface area contributed by atoms with Crippen LogP contribution < -0.4 is 10.1 Å². The second kappa shape index (κ2) is 9.21. The Hall–Kier alpha value is -2.82. The van der Waals surface area contributed by atoms with Crippen LogP contribution in [0.3, 0.4) is 0 Å². The van der Waals surface area contributed by atoms with Gasteiger partial charge in [0.05, 0.1) is 24.3 Å². The fraction of sp³-hybridized carbons (Fsp3) is 0.105. The minimum absolute atomic E-state index is 0.139. The molecule has 1 amide bonds. The number of ether oxygens (including phenoxy) is 2. The van der Waals surface area contributed by atoms with Crippen molar-refractivity contribution < 1.29 is 19.1 Å². The number of nitrogens with zero attached hydrogens (tertiary/aromatic N) is 1. The lowest BCUT2D eigenvalue weighted by Gasteiger charge is -2.09. The fourth-order valence-corrected chi connectivity index (χ4v) is 3.21. The van der Waals surface area contributed by atoms with Gasteiger partial charge in [0, 0.05) is 16.3 Å². The molecule has 138 valence electrons. The Balaban J connectivity index is 2.28. The van der Waals surface area contributed by atoms with Gasteiger partial charge in [-0.15, -0.1) is 0 Å². The summed E-state index contributed by atoms with van der Waals surface area (Å²) in [5.41, 5.74) is 1.11. The molecule has 2 rings (SSSR count). The summed E-state index contributed by atoms with van der Waals surface area (Å²) < 4.78 is 10.5. The Bertz CT molecular complexity index is 949. The second-order valence-electron chi connectivity index (χ2n) is 5.20. The highest BCUT2D eigenvalue weighted by atomic mass is 79.9. The molecule has 0 saturated carbocycles.